The molecule has 1 heterocycles. The Balaban J connectivity index is 1.63. The third kappa shape index (κ3) is 3.83. The molecular formula is C23H17FN2O4. The number of benzene rings is 3. The predicted molar refractivity (Wildman–Crippen MR) is 107 cm³/mol. The first-order chi connectivity index (χ1) is 14.5. The Kier molecular flexibility index (Phi) is 5.36. The largest absolute Gasteiger partial charge is 0.325 e. The average molecular weight is 404 g/mol. The smallest absolute Gasteiger partial charge is 0.285 e. The summed E-state index contributed by atoms with van der Waals surface area (Å²) >= 11 is 0. The van der Waals surface area contributed by atoms with E-state index in [0.717, 1.165) is 11.6 Å². The molecule has 150 valence electrons. The normalized spacial score (nSPS) is 15.6. The van der Waals surface area contributed by atoms with Crippen LogP contribution in [0.25, 0.3) is 0 Å². The Morgan fingerprint density at radius 1 is 0.967 bits per heavy atom. The number of hydrogen-bond acceptors (Lipinski definition) is 4. The Morgan fingerprint density at radius 2 is 1.70 bits per heavy atom. The highest BCUT2D eigenvalue weighted by molar-refractivity contribution is 6.20. The van der Waals surface area contributed by atoms with Gasteiger partial charge in [0.2, 0.25) is 5.91 Å². The topological polar surface area (TPSA) is 75.7 Å². The van der Waals surface area contributed by atoms with Gasteiger partial charge in [-0.05, 0) is 35.4 Å². The van der Waals surface area contributed by atoms with Crippen LogP contribution >= 0.6 is 0 Å². The van der Waals surface area contributed by atoms with Gasteiger partial charge in [-0.3, -0.25) is 19.2 Å². The van der Waals surface area contributed by atoms with Crippen LogP contribution in [-0.4, -0.2) is 22.8 Å². The van der Waals surface area contributed by atoms with E-state index in [0.29, 0.717) is 5.06 Å². The number of carbonyl (C=O) groups is 3. The van der Waals surface area contributed by atoms with Gasteiger partial charge in [-0.15, -0.1) is 5.06 Å². The van der Waals surface area contributed by atoms with Gasteiger partial charge >= 0.3 is 0 Å². The standard InChI is InChI=1S/C23H17FN2O4/c24-16-9-6-10-17(13-16)25-21(27)20-18-11-4-5-12-19(18)22(28)26(23(20)29)30-14-15-7-2-1-3-8-15/h1-13,20H,14H2,(H,25,27). The zero-order chi connectivity index (χ0) is 21.1. The van der Waals surface area contributed by atoms with Crippen molar-refractivity contribution in [2.75, 3.05) is 5.32 Å². The molecule has 3 amide bonds. The van der Waals surface area contributed by atoms with E-state index < -0.39 is 29.5 Å². The summed E-state index contributed by atoms with van der Waals surface area (Å²) in [6, 6.07) is 20.8. The third-order valence-electron chi connectivity index (χ3n) is 4.69. The van der Waals surface area contributed by atoms with Gasteiger partial charge in [0.15, 0.2) is 0 Å². The highest BCUT2D eigenvalue weighted by atomic mass is 19.1. The van der Waals surface area contributed by atoms with Crippen LogP contribution in [-0.2, 0) is 21.0 Å². The molecule has 1 aliphatic rings. The van der Waals surface area contributed by atoms with E-state index in [9.17, 15) is 18.8 Å². The molecule has 3 aromatic rings. The van der Waals surface area contributed by atoms with E-state index in [-0.39, 0.29) is 23.4 Å². The van der Waals surface area contributed by atoms with E-state index in [1.54, 1.807) is 30.3 Å². The maximum absolute atomic E-state index is 13.5. The lowest BCUT2D eigenvalue weighted by Crippen LogP contribution is -2.47. The molecular weight excluding hydrogens is 387 g/mol. The summed E-state index contributed by atoms with van der Waals surface area (Å²) in [5, 5.41) is 3.17. The number of amides is 3. The minimum absolute atomic E-state index is 0.0152. The van der Waals surface area contributed by atoms with Crippen molar-refractivity contribution in [2.45, 2.75) is 12.5 Å². The second kappa shape index (κ2) is 8.26. The first-order valence-electron chi connectivity index (χ1n) is 9.25. The first-order valence-corrected chi connectivity index (χ1v) is 9.25. The Bertz CT molecular complexity index is 1120. The van der Waals surface area contributed by atoms with E-state index >= 15 is 0 Å². The average Bonchev–Trinajstić information content (AvgIpc) is 2.74. The zero-order valence-electron chi connectivity index (χ0n) is 15.7. The van der Waals surface area contributed by atoms with Crippen LogP contribution in [0, 0.1) is 5.82 Å². The summed E-state index contributed by atoms with van der Waals surface area (Å²) in [6.45, 7) is -0.0152. The van der Waals surface area contributed by atoms with Gasteiger partial charge in [-0.1, -0.05) is 54.6 Å². The minimum Gasteiger partial charge on any atom is -0.325 e. The van der Waals surface area contributed by atoms with Crippen molar-refractivity contribution in [1.29, 1.82) is 0 Å². The Morgan fingerprint density at radius 3 is 2.47 bits per heavy atom. The summed E-state index contributed by atoms with van der Waals surface area (Å²) < 4.78 is 13.5. The molecule has 30 heavy (non-hydrogen) atoms. The van der Waals surface area contributed by atoms with Gasteiger partial charge in [-0.2, -0.15) is 0 Å². The number of carbonyl (C=O) groups excluding carboxylic acids is 3. The first kappa shape index (κ1) is 19.5. The number of halogens is 1. The SMILES string of the molecule is O=C(Nc1cccc(F)c1)C1C(=O)N(OCc2ccccc2)C(=O)c2ccccc21. The quantitative estimate of drug-likeness (QED) is 0.520. The van der Waals surface area contributed by atoms with Gasteiger partial charge in [0.1, 0.15) is 18.3 Å². The second-order valence-electron chi connectivity index (χ2n) is 6.72. The van der Waals surface area contributed by atoms with Crippen molar-refractivity contribution in [2.24, 2.45) is 0 Å². The molecule has 1 unspecified atom stereocenters. The summed E-state index contributed by atoms with van der Waals surface area (Å²) in [6.07, 6.45) is 0. The molecule has 6 nitrogen and oxygen atoms in total. The molecule has 3 aromatic carbocycles. The number of anilines is 1. The van der Waals surface area contributed by atoms with Crippen molar-refractivity contribution in [3.05, 3.63) is 101 Å². The Labute approximate surface area is 171 Å². The maximum Gasteiger partial charge on any atom is 0.285 e. The third-order valence-corrected chi connectivity index (χ3v) is 4.69. The summed E-state index contributed by atoms with van der Waals surface area (Å²) in [7, 11) is 0. The number of fused-ring (bicyclic) bond motifs is 1. The molecule has 0 bridgehead atoms. The van der Waals surface area contributed by atoms with E-state index in [4.69, 9.17) is 4.84 Å². The van der Waals surface area contributed by atoms with Crippen LogP contribution < -0.4 is 5.32 Å². The minimum atomic E-state index is -1.31. The number of hydroxylamine groups is 2. The Hall–Kier alpha value is -3.84. The van der Waals surface area contributed by atoms with Crippen molar-refractivity contribution in [3.8, 4) is 0 Å². The van der Waals surface area contributed by atoms with Gasteiger partial charge in [-0.25, -0.2) is 4.39 Å². The maximum atomic E-state index is 13.5. The van der Waals surface area contributed by atoms with Crippen molar-refractivity contribution in [1.82, 2.24) is 5.06 Å². The molecule has 0 aliphatic carbocycles. The molecule has 0 radical (unpaired) electrons. The summed E-state index contributed by atoms with van der Waals surface area (Å²) in [5.41, 5.74) is 1.45. The molecule has 0 saturated carbocycles. The lowest BCUT2D eigenvalue weighted by atomic mass is 9.88. The van der Waals surface area contributed by atoms with Crippen LogP contribution in [0.5, 0.6) is 0 Å². The van der Waals surface area contributed by atoms with Crippen molar-refractivity contribution >= 4 is 23.4 Å². The van der Waals surface area contributed by atoms with E-state index in [2.05, 4.69) is 5.32 Å². The van der Waals surface area contributed by atoms with Crippen LogP contribution in [0.3, 0.4) is 0 Å². The molecule has 1 aliphatic heterocycles. The lowest BCUT2D eigenvalue weighted by Gasteiger charge is -2.30. The molecule has 0 fully saturated rings. The molecule has 0 spiro atoms. The second-order valence-corrected chi connectivity index (χ2v) is 6.72. The molecule has 0 aromatic heterocycles. The van der Waals surface area contributed by atoms with Crippen LogP contribution in [0.4, 0.5) is 10.1 Å². The number of nitrogens with one attached hydrogen (secondary N) is 1. The molecule has 0 saturated heterocycles. The molecule has 4 rings (SSSR count). The monoisotopic (exact) mass is 404 g/mol. The summed E-state index contributed by atoms with van der Waals surface area (Å²) in [5.74, 6) is -3.95. The van der Waals surface area contributed by atoms with E-state index in [1.807, 2.05) is 18.2 Å². The molecule has 1 atom stereocenters. The van der Waals surface area contributed by atoms with Gasteiger partial charge in [0.25, 0.3) is 11.8 Å². The number of rotatable bonds is 5. The van der Waals surface area contributed by atoms with Gasteiger partial charge in [0, 0.05) is 11.3 Å². The van der Waals surface area contributed by atoms with Crippen molar-refractivity contribution in [3.63, 3.8) is 0 Å². The highest BCUT2D eigenvalue weighted by Gasteiger charge is 2.43. The fourth-order valence-corrected chi connectivity index (χ4v) is 3.27. The van der Waals surface area contributed by atoms with Crippen molar-refractivity contribution < 1.29 is 23.6 Å². The van der Waals surface area contributed by atoms with Crippen LogP contribution in [0.2, 0.25) is 0 Å². The lowest BCUT2D eigenvalue weighted by molar-refractivity contribution is -0.177. The predicted octanol–water partition coefficient (Wildman–Crippen LogP) is 3.66. The fourth-order valence-electron chi connectivity index (χ4n) is 3.27. The molecule has 7 heteroatoms. The van der Waals surface area contributed by atoms with Gasteiger partial charge < -0.3 is 5.32 Å². The zero-order valence-corrected chi connectivity index (χ0v) is 15.7. The van der Waals surface area contributed by atoms with Crippen LogP contribution in [0.15, 0.2) is 78.9 Å². The summed E-state index contributed by atoms with van der Waals surface area (Å²) in [4.78, 5) is 44.3. The van der Waals surface area contributed by atoms with E-state index in [1.165, 1.54) is 24.3 Å². The van der Waals surface area contributed by atoms with Crippen LogP contribution in [0.1, 0.15) is 27.4 Å². The molecule has 1 N–H and O–H groups in total. The number of nitrogens with zero attached hydrogens (tertiary/aromatic N) is 1. The number of imide groups is 1. The number of hydrogen-bond donors (Lipinski definition) is 1. The van der Waals surface area contributed by atoms with Gasteiger partial charge in [0.05, 0.1) is 0 Å². The fraction of sp³-hybridized carbons (Fsp3) is 0.0870. The highest BCUT2D eigenvalue weighted by Crippen LogP contribution is 2.31.